The van der Waals surface area contributed by atoms with Crippen molar-refractivity contribution in [1.29, 1.82) is 0 Å². The fraction of sp³-hybridized carbons (Fsp3) is 0.222. The van der Waals surface area contributed by atoms with Crippen LogP contribution >= 0.6 is 31.9 Å². The average molecular weight is 350 g/mol. The minimum atomic E-state index is -0.242. The van der Waals surface area contributed by atoms with Crippen molar-refractivity contribution in [3.63, 3.8) is 0 Å². The van der Waals surface area contributed by atoms with Crippen molar-refractivity contribution in [3.8, 4) is 0 Å². The van der Waals surface area contributed by atoms with E-state index < -0.39 is 0 Å². The second kappa shape index (κ2) is 4.70. The highest BCUT2D eigenvalue weighted by Crippen LogP contribution is 2.29. The minimum Gasteiger partial charge on any atom is -0.452 e. The maximum absolute atomic E-state index is 5.56. The Kier molecular flexibility index (Phi) is 3.48. The van der Waals surface area contributed by atoms with Gasteiger partial charge in [0.2, 0.25) is 0 Å². The van der Waals surface area contributed by atoms with Crippen molar-refractivity contribution < 1.29 is 4.42 Å². The van der Waals surface area contributed by atoms with E-state index in [0.29, 0.717) is 4.67 Å². The Bertz CT molecular complexity index is 474. The monoisotopic (exact) mass is 348 g/mol. The number of nitrogens with zero attached hydrogens (tertiary/aromatic N) is 2. The first-order valence-electron chi connectivity index (χ1n) is 4.52. The van der Waals surface area contributed by atoms with Crippen LogP contribution in [0.5, 0.6) is 0 Å². The first kappa shape index (κ1) is 11.8. The Morgan fingerprint density at radius 2 is 2.25 bits per heavy atom. The summed E-state index contributed by atoms with van der Waals surface area (Å²) in [6.45, 7) is 0. The molecule has 16 heavy (non-hydrogen) atoms. The third kappa shape index (κ3) is 2.08. The van der Waals surface area contributed by atoms with Gasteiger partial charge in [-0.25, -0.2) is 5.43 Å². The number of hydrogen-bond acceptors (Lipinski definition) is 4. The molecule has 0 aliphatic rings. The third-order valence-electron chi connectivity index (χ3n) is 2.26. The lowest BCUT2D eigenvalue weighted by Gasteiger charge is -2.14. The van der Waals surface area contributed by atoms with Gasteiger partial charge in [0.05, 0.1) is 16.4 Å². The zero-order valence-corrected chi connectivity index (χ0v) is 11.6. The zero-order valence-electron chi connectivity index (χ0n) is 8.45. The topological polar surface area (TPSA) is 69.0 Å². The third-order valence-corrected chi connectivity index (χ3v) is 3.29. The lowest BCUT2D eigenvalue weighted by atomic mass is 10.1. The summed E-state index contributed by atoms with van der Waals surface area (Å²) in [5.74, 6) is 6.28. The van der Waals surface area contributed by atoms with Crippen molar-refractivity contribution in [2.24, 2.45) is 12.9 Å². The van der Waals surface area contributed by atoms with Crippen LogP contribution in [0.3, 0.4) is 0 Å². The highest BCUT2D eigenvalue weighted by atomic mass is 79.9. The molecule has 0 saturated heterocycles. The molecule has 0 aliphatic carbocycles. The van der Waals surface area contributed by atoms with E-state index in [9.17, 15) is 0 Å². The summed E-state index contributed by atoms with van der Waals surface area (Å²) in [5, 5.41) is 4.14. The Labute approximate surface area is 109 Å². The Morgan fingerprint density at radius 1 is 1.50 bits per heavy atom. The molecule has 1 atom stereocenters. The summed E-state index contributed by atoms with van der Waals surface area (Å²) in [6, 6.07) is 3.44. The molecule has 0 aliphatic heterocycles. The molecule has 2 aromatic heterocycles. The van der Waals surface area contributed by atoms with Crippen LogP contribution in [-0.4, -0.2) is 9.78 Å². The Hall–Kier alpha value is -0.630. The van der Waals surface area contributed by atoms with E-state index in [2.05, 4.69) is 42.4 Å². The van der Waals surface area contributed by atoms with Crippen molar-refractivity contribution in [2.75, 3.05) is 0 Å². The van der Waals surface area contributed by atoms with E-state index in [-0.39, 0.29) is 6.04 Å². The summed E-state index contributed by atoms with van der Waals surface area (Å²) >= 11 is 6.69. The number of hydrogen-bond donors (Lipinski definition) is 2. The number of halogens is 2. The van der Waals surface area contributed by atoms with E-state index in [0.717, 1.165) is 15.9 Å². The van der Waals surface area contributed by atoms with Crippen molar-refractivity contribution in [3.05, 3.63) is 38.9 Å². The molecule has 7 heteroatoms. The largest absolute Gasteiger partial charge is 0.452 e. The molecule has 0 saturated carbocycles. The van der Waals surface area contributed by atoms with Gasteiger partial charge in [-0.1, -0.05) is 0 Å². The molecule has 2 heterocycles. The lowest BCUT2D eigenvalue weighted by molar-refractivity contribution is 0.424. The molecular weight excluding hydrogens is 340 g/mol. The summed E-state index contributed by atoms with van der Waals surface area (Å²) in [5.41, 5.74) is 3.62. The number of nitrogens with one attached hydrogen (secondary N) is 1. The fourth-order valence-corrected chi connectivity index (χ4v) is 2.42. The number of aromatic nitrogens is 2. The van der Waals surface area contributed by atoms with Gasteiger partial charge in [-0.2, -0.15) is 5.10 Å². The van der Waals surface area contributed by atoms with Gasteiger partial charge in [0, 0.05) is 7.05 Å². The second-order valence-corrected chi connectivity index (χ2v) is 4.88. The van der Waals surface area contributed by atoms with E-state index in [1.165, 1.54) is 0 Å². The number of furan rings is 1. The normalized spacial score (nSPS) is 13.0. The summed E-state index contributed by atoms with van der Waals surface area (Å²) in [6.07, 6.45) is 1.72. The van der Waals surface area contributed by atoms with Gasteiger partial charge in [-0.05, 0) is 44.0 Å². The van der Waals surface area contributed by atoms with Crippen LogP contribution in [0.2, 0.25) is 0 Å². The van der Waals surface area contributed by atoms with Crippen LogP contribution in [0.25, 0.3) is 0 Å². The van der Waals surface area contributed by atoms with Gasteiger partial charge in [-0.15, -0.1) is 0 Å². The maximum atomic E-state index is 5.56. The number of hydrazine groups is 1. The molecule has 5 nitrogen and oxygen atoms in total. The maximum Gasteiger partial charge on any atom is 0.169 e. The van der Waals surface area contributed by atoms with Crippen LogP contribution in [0, 0.1) is 0 Å². The molecule has 3 N–H and O–H groups in total. The van der Waals surface area contributed by atoms with Crippen LogP contribution < -0.4 is 11.3 Å². The molecule has 0 amide bonds. The molecular formula is C9H10Br2N4O. The highest BCUT2D eigenvalue weighted by molar-refractivity contribution is 9.10. The second-order valence-electron chi connectivity index (χ2n) is 3.24. The van der Waals surface area contributed by atoms with Gasteiger partial charge in [0.1, 0.15) is 11.8 Å². The van der Waals surface area contributed by atoms with Crippen molar-refractivity contribution >= 4 is 31.9 Å². The summed E-state index contributed by atoms with van der Waals surface area (Å²) < 4.78 is 8.77. The molecule has 2 aromatic rings. The summed E-state index contributed by atoms with van der Waals surface area (Å²) in [7, 11) is 1.85. The minimum absolute atomic E-state index is 0.242. The van der Waals surface area contributed by atoms with Crippen molar-refractivity contribution in [1.82, 2.24) is 15.2 Å². The van der Waals surface area contributed by atoms with Crippen LogP contribution in [-0.2, 0) is 7.05 Å². The van der Waals surface area contributed by atoms with E-state index in [1.54, 1.807) is 10.9 Å². The predicted molar refractivity (Wildman–Crippen MR) is 66.5 cm³/mol. The van der Waals surface area contributed by atoms with Crippen molar-refractivity contribution in [2.45, 2.75) is 6.04 Å². The first-order chi connectivity index (χ1) is 7.63. The van der Waals surface area contributed by atoms with E-state index in [1.807, 2.05) is 19.2 Å². The van der Waals surface area contributed by atoms with Gasteiger partial charge in [0.25, 0.3) is 0 Å². The molecule has 0 bridgehead atoms. The molecule has 0 spiro atoms. The quantitative estimate of drug-likeness (QED) is 0.657. The standard InChI is InChI=1S/C9H10Br2N4O/c1-15-9(5(10)4-13-15)8(14-12)6-2-3-7(11)16-6/h2-4,8,14H,12H2,1H3. The molecule has 0 aromatic carbocycles. The number of aryl methyl sites for hydroxylation is 1. The van der Waals surface area contributed by atoms with Crippen LogP contribution in [0.4, 0.5) is 0 Å². The van der Waals surface area contributed by atoms with Gasteiger partial charge >= 0.3 is 0 Å². The first-order valence-corrected chi connectivity index (χ1v) is 6.11. The molecule has 0 fully saturated rings. The SMILES string of the molecule is Cn1ncc(Br)c1C(NN)c1ccc(Br)o1. The summed E-state index contributed by atoms with van der Waals surface area (Å²) in [4.78, 5) is 0. The van der Waals surface area contributed by atoms with Crippen LogP contribution in [0.1, 0.15) is 17.5 Å². The van der Waals surface area contributed by atoms with Gasteiger partial charge in [-0.3, -0.25) is 10.5 Å². The van der Waals surface area contributed by atoms with Gasteiger partial charge < -0.3 is 4.42 Å². The van der Waals surface area contributed by atoms with Gasteiger partial charge in [0.15, 0.2) is 4.67 Å². The molecule has 1 unspecified atom stereocenters. The Balaban J connectivity index is 2.44. The van der Waals surface area contributed by atoms with E-state index >= 15 is 0 Å². The average Bonchev–Trinajstić information content (AvgIpc) is 2.80. The smallest absolute Gasteiger partial charge is 0.169 e. The molecule has 2 rings (SSSR count). The predicted octanol–water partition coefficient (Wildman–Crippen LogP) is 2.09. The highest BCUT2D eigenvalue weighted by Gasteiger charge is 2.22. The molecule has 86 valence electrons. The number of nitrogens with two attached hydrogens (primary N) is 1. The zero-order chi connectivity index (χ0) is 11.7. The van der Waals surface area contributed by atoms with E-state index in [4.69, 9.17) is 10.3 Å². The molecule has 0 radical (unpaired) electrons. The fourth-order valence-electron chi connectivity index (χ4n) is 1.52. The van der Waals surface area contributed by atoms with Crippen LogP contribution in [0.15, 0.2) is 31.9 Å². The Morgan fingerprint density at radius 3 is 2.69 bits per heavy atom. The lowest BCUT2D eigenvalue weighted by Crippen LogP contribution is -2.30. The number of rotatable bonds is 3.